The number of nitrogens with zero attached hydrogens (tertiary/aromatic N) is 1. The van der Waals surface area contributed by atoms with Crippen molar-refractivity contribution in [3.63, 3.8) is 0 Å². The Hall–Kier alpha value is -3.14. The van der Waals surface area contributed by atoms with E-state index in [1.807, 2.05) is 41.3 Å². The summed E-state index contributed by atoms with van der Waals surface area (Å²) < 4.78 is 0. The van der Waals surface area contributed by atoms with E-state index in [0.29, 0.717) is 29.7 Å². The second kappa shape index (κ2) is 6.64. The lowest BCUT2D eigenvalue weighted by Gasteiger charge is -2.27. The first-order valence-electron chi connectivity index (χ1n) is 8.79. The third-order valence-corrected chi connectivity index (χ3v) is 4.92. The minimum absolute atomic E-state index is 0. The topological polar surface area (TPSA) is 53.2 Å². The van der Waals surface area contributed by atoms with E-state index in [-0.39, 0.29) is 12.9 Å². The number of benzene rings is 2. The maximum atomic E-state index is 12.8. The summed E-state index contributed by atoms with van der Waals surface area (Å²) in [7, 11) is 0. The highest BCUT2D eigenvalue weighted by atomic mass is 16.2. The van der Waals surface area contributed by atoms with Crippen molar-refractivity contribution in [2.45, 2.75) is 13.3 Å². The number of hydrogen-bond donors (Lipinski definition) is 1. The highest BCUT2D eigenvalue weighted by Crippen LogP contribution is 2.23. The molecule has 0 radical (unpaired) electrons. The van der Waals surface area contributed by atoms with Crippen molar-refractivity contribution >= 4 is 22.4 Å². The van der Waals surface area contributed by atoms with E-state index in [1.54, 1.807) is 13.0 Å². The molecule has 0 fully saturated rings. The van der Waals surface area contributed by atoms with E-state index in [4.69, 9.17) is 0 Å². The fourth-order valence-electron chi connectivity index (χ4n) is 3.39. The molecule has 1 N–H and O–H groups in total. The molecule has 1 amide bonds. The third kappa shape index (κ3) is 3.06. The first kappa shape index (κ1) is 16.3. The molecular weight excluding hydrogens is 324 g/mol. The van der Waals surface area contributed by atoms with Gasteiger partial charge in [-0.05, 0) is 48.1 Å². The Morgan fingerprint density at radius 1 is 1.12 bits per heavy atom. The van der Waals surface area contributed by atoms with E-state index in [2.05, 4.69) is 23.2 Å². The van der Waals surface area contributed by atoms with Crippen LogP contribution in [0.4, 0.5) is 0 Å². The summed E-state index contributed by atoms with van der Waals surface area (Å²) in [5.41, 5.74) is 4.37. The zero-order valence-electron chi connectivity index (χ0n) is 14.7. The first-order chi connectivity index (χ1) is 12.6. The molecule has 1 aliphatic heterocycles. The van der Waals surface area contributed by atoms with E-state index < -0.39 is 0 Å². The second-order valence-electron chi connectivity index (χ2n) is 6.68. The highest BCUT2D eigenvalue weighted by molar-refractivity contribution is 5.98. The molecule has 2 aromatic carbocycles. The molecule has 1 aromatic heterocycles. The molecule has 1 aliphatic rings. The first-order valence-corrected chi connectivity index (χ1v) is 8.79. The van der Waals surface area contributed by atoms with Crippen LogP contribution < -0.4 is 5.56 Å². The van der Waals surface area contributed by atoms with Crippen LogP contribution in [-0.2, 0) is 0 Å². The van der Waals surface area contributed by atoms with Gasteiger partial charge in [-0.15, -0.1) is 0 Å². The molecule has 4 rings (SSSR count). The molecule has 26 heavy (non-hydrogen) atoms. The molecular formula is C22H22N2O2. The number of rotatable bonds is 2. The van der Waals surface area contributed by atoms with Gasteiger partial charge in [0.15, 0.2) is 0 Å². The molecule has 132 valence electrons. The molecule has 0 aliphatic carbocycles. The predicted octanol–water partition coefficient (Wildman–Crippen LogP) is 4.01. The number of carbonyl (C=O) groups excluding carboxylic acids is 1. The van der Waals surface area contributed by atoms with Crippen LogP contribution in [0.25, 0.3) is 16.5 Å². The SMILES string of the molecule is Cc1cc2ccc(C(=O)N3CC=C(c4ccccc4)CC3)cc2[nH]c1=O.[HH]. The summed E-state index contributed by atoms with van der Waals surface area (Å²) in [5.74, 6) is -0.00307. The lowest BCUT2D eigenvalue weighted by Crippen LogP contribution is -2.34. The van der Waals surface area contributed by atoms with Crippen molar-refractivity contribution < 1.29 is 6.22 Å². The number of H-pyrrole nitrogens is 1. The largest absolute Gasteiger partial charge is 0.335 e. The summed E-state index contributed by atoms with van der Waals surface area (Å²) in [4.78, 5) is 29.4. The fourth-order valence-corrected chi connectivity index (χ4v) is 3.39. The minimum Gasteiger partial charge on any atom is -0.335 e. The van der Waals surface area contributed by atoms with Crippen molar-refractivity contribution in [2.75, 3.05) is 13.1 Å². The van der Waals surface area contributed by atoms with Crippen molar-refractivity contribution in [1.82, 2.24) is 9.88 Å². The summed E-state index contributed by atoms with van der Waals surface area (Å²) >= 11 is 0. The van der Waals surface area contributed by atoms with Crippen molar-refractivity contribution in [3.05, 3.63) is 87.7 Å². The molecule has 4 nitrogen and oxygen atoms in total. The maximum absolute atomic E-state index is 12.8. The van der Waals surface area contributed by atoms with Gasteiger partial charge < -0.3 is 9.88 Å². The summed E-state index contributed by atoms with van der Waals surface area (Å²) in [6.45, 7) is 3.08. The molecule has 2 heterocycles. The molecule has 0 spiro atoms. The number of hydrogen-bond acceptors (Lipinski definition) is 2. The van der Waals surface area contributed by atoms with Gasteiger partial charge in [-0.1, -0.05) is 42.5 Å². The van der Waals surface area contributed by atoms with Crippen LogP contribution in [0.3, 0.4) is 0 Å². The normalized spacial score (nSPS) is 14.3. The van der Waals surface area contributed by atoms with E-state index in [0.717, 1.165) is 11.8 Å². The fraction of sp³-hybridized carbons (Fsp3) is 0.182. The van der Waals surface area contributed by atoms with Crippen molar-refractivity contribution in [3.8, 4) is 0 Å². The molecule has 0 saturated carbocycles. The Morgan fingerprint density at radius 2 is 1.92 bits per heavy atom. The van der Waals surface area contributed by atoms with Crippen molar-refractivity contribution in [1.29, 1.82) is 0 Å². The lowest BCUT2D eigenvalue weighted by atomic mass is 9.99. The van der Waals surface area contributed by atoms with Crippen molar-refractivity contribution in [2.24, 2.45) is 0 Å². The smallest absolute Gasteiger partial charge is 0.254 e. The van der Waals surface area contributed by atoms with Gasteiger partial charge in [-0.3, -0.25) is 9.59 Å². The number of amides is 1. The number of aromatic nitrogens is 1. The van der Waals surface area contributed by atoms with Gasteiger partial charge in [0, 0.05) is 31.2 Å². The van der Waals surface area contributed by atoms with Gasteiger partial charge >= 0.3 is 0 Å². The zero-order chi connectivity index (χ0) is 18.1. The number of pyridine rings is 1. The number of nitrogens with one attached hydrogen (secondary N) is 1. The van der Waals surface area contributed by atoms with E-state index in [9.17, 15) is 9.59 Å². The molecule has 0 unspecified atom stereocenters. The van der Waals surface area contributed by atoms with Gasteiger partial charge in [-0.25, -0.2) is 0 Å². The van der Waals surface area contributed by atoms with Gasteiger partial charge in [0.2, 0.25) is 0 Å². The number of aromatic amines is 1. The second-order valence-corrected chi connectivity index (χ2v) is 6.68. The summed E-state index contributed by atoms with van der Waals surface area (Å²) in [5, 5.41) is 0.934. The Bertz CT molecular complexity index is 1070. The van der Waals surface area contributed by atoms with Gasteiger partial charge in [0.25, 0.3) is 11.5 Å². The third-order valence-electron chi connectivity index (χ3n) is 4.92. The molecule has 3 aromatic rings. The Kier molecular flexibility index (Phi) is 4.17. The number of carbonyl (C=O) groups is 1. The quantitative estimate of drug-likeness (QED) is 0.762. The standard InChI is InChI=1S/C22H20N2O2.H2/c1-15-13-18-7-8-19(14-20(18)23-21(15)25)22(26)24-11-9-17(10-12-24)16-5-3-2-4-6-16;/h2-9,13-14H,10-12H2,1H3,(H,23,25);1H. The van der Waals surface area contributed by atoms with Crippen LogP contribution in [-0.4, -0.2) is 28.9 Å². The van der Waals surface area contributed by atoms with Gasteiger partial charge in [0.1, 0.15) is 0 Å². The van der Waals surface area contributed by atoms with Crippen LogP contribution in [0.2, 0.25) is 0 Å². The average Bonchev–Trinajstić information content (AvgIpc) is 2.69. The van der Waals surface area contributed by atoms with E-state index in [1.165, 1.54) is 11.1 Å². The summed E-state index contributed by atoms with van der Waals surface area (Å²) in [6.07, 6.45) is 2.97. The molecule has 0 bridgehead atoms. The Labute approximate surface area is 153 Å². The highest BCUT2D eigenvalue weighted by Gasteiger charge is 2.19. The van der Waals surface area contributed by atoms with Crippen LogP contribution in [0.1, 0.15) is 29.3 Å². The average molecular weight is 346 g/mol. The molecule has 0 saturated heterocycles. The predicted molar refractivity (Wildman–Crippen MR) is 106 cm³/mol. The zero-order valence-corrected chi connectivity index (χ0v) is 14.7. The monoisotopic (exact) mass is 346 g/mol. The molecule has 0 atom stereocenters. The lowest BCUT2D eigenvalue weighted by molar-refractivity contribution is 0.0773. The number of fused-ring (bicyclic) bond motifs is 1. The van der Waals surface area contributed by atoms with Crippen LogP contribution in [0.15, 0.2) is 65.5 Å². The number of aryl methyl sites for hydroxylation is 1. The minimum atomic E-state index is -0.115. The van der Waals surface area contributed by atoms with Crippen LogP contribution >= 0.6 is 0 Å². The summed E-state index contributed by atoms with van der Waals surface area (Å²) in [6, 6.07) is 17.6. The van der Waals surface area contributed by atoms with Crippen LogP contribution in [0.5, 0.6) is 0 Å². The molecule has 4 heteroatoms. The van der Waals surface area contributed by atoms with E-state index >= 15 is 0 Å². The Balaban J connectivity index is 0.00000210. The Morgan fingerprint density at radius 3 is 2.65 bits per heavy atom. The van der Waals surface area contributed by atoms with Crippen LogP contribution in [0, 0.1) is 6.92 Å². The van der Waals surface area contributed by atoms with Gasteiger partial charge in [0.05, 0.1) is 0 Å². The maximum Gasteiger partial charge on any atom is 0.254 e. The van der Waals surface area contributed by atoms with Gasteiger partial charge in [-0.2, -0.15) is 0 Å².